The standard InChI is InChI=1S/C23H28N4O2/c1-24-13-14-29-20-11-5-16(6-12-20)21-4-2-3-17-15-25-23(27-22(17)21)26-18-7-9-19(28)10-8-18/h2-6,11-12,15,18-19,24,28H,7-10,13-14H2,1H3,(H,25,26,27)/t18-,19-. The van der Waals surface area contributed by atoms with E-state index in [1.54, 1.807) is 0 Å². The monoisotopic (exact) mass is 392 g/mol. The average Bonchev–Trinajstić information content (AvgIpc) is 2.76. The number of likely N-dealkylation sites (N-methyl/N-ethyl adjacent to an activating group) is 1. The summed E-state index contributed by atoms with van der Waals surface area (Å²) in [4.78, 5) is 9.32. The Kier molecular flexibility index (Phi) is 6.22. The van der Waals surface area contributed by atoms with Crippen molar-refractivity contribution in [2.24, 2.45) is 0 Å². The summed E-state index contributed by atoms with van der Waals surface area (Å²) in [5, 5.41) is 17.2. The van der Waals surface area contributed by atoms with Gasteiger partial charge >= 0.3 is 0 Å². The lowest BCUT2D eigenvalue weighted by atomic mass is 9.93. The van der Waals surface area contributed by atoms with Gasteiger partial charge in [0, 0.05) is 29.7 Å². The molecule has 1 aromatic heterocycles. The summed E-state index contributed by atoms with van der Waals surface area (Å²) in [7, 11) is 1.91. The number of rotatable bonds is 7. The number of ether oxygens (including phenoxy) is 1. The molecule has 1 heterocycles. The van der Waals surface area contributed by atoms with E-state index in [1.807, 2.05) is 37.5 Å². The number of aromatic nitrogens is 2. The molecule has 0 aliphatic heterocycles. The summed E-state index contributed by atoms with van der Waals surface area (Å²) in [6.07, 6.45) is 5.26. The van der Waals surface area contributed by atoms with Gasteiger partial charge in [-0.25, -0.2) is 9.97 Å². The van der Waals surface area contributed by atoms with E-state index in [9.17, 15) is 5.11 Å². The van der Waals surface area contributed by atoms with E-state index in [0.717, 1.165) is 60.0 Å². The SMILES string of the molecule is CNCCOc1ccc(-c2cccc3cnc(N[C@H]4CC[C@H](O)CC4)nc23)cc1. The molecule has 152 valence electrons. The second kappa shape index (κ2) is 9.20. The van der Waals surface area contributed by atoms with Crippen LogP contribution in [0, 0.1) is 0 Å². The van der Waals surface area contributed by atoms with Crippen LogP contribution in [0.3, 0.4) is 0 Å². The number of aliphatic hydroxyl groups is 1. The number of nitrogens with zero attached hydrogens (tertiary/aromatic N) is 2. The fourth-order valence-electron chi connectivity index (χ4n) is 3.76. The van der Waals surface area contributed by atoms with Gasteiger partial charge in [-0.15, -0.1) is 0 Å². The number of fused-ring (bicyclic) bond motifs is 1. The average molecular weight is 393 g/mol. The van der Waals surface area contributed by atoms with Crippen LogP contribution in [0.15, 0.2) is 48.7 Å². The first-order valence-electron chi connectivity index (χ1n) is 10.3. The van der Waals surface area contributed by atoms with Gasteiger partial charge in [0.25, 0.3) is 0 Å². The van der Waals surface area contributed by atoms with Gasteiger partial charge in [0.1, 0.15) is 12.4 Å². The van der Waals surface area contributed by atoms with Crippen LogP contribution in [-0.4, -0.2) is 47.4 Å². The third-order valence-corrected chi connectivity index (χ3v) is 5.43. The van der Waals surface area contributed by atoms with Gasteiger partial charge in [0.05, 0.1) is 11.6 Å². The van der Waals surface area contributed by atoms with Gasteiger partial charge in [-0.05, 0) is 50.4 Å². The summed E-state index contributed by atoms with van der Waals surface area (Å²) < 4.78 is 5.72. The van der Waals surface area contributed by atoms with Crippen molar-refractivity contribution < 1.29 is 9.84 Å². The molecular weight excluding hydrogens is 364 g/mol. The molecular formula is C23H28N4O2. The number of benzene rings is 2. The van der Waals surface area contributed by atoms with E-state index >= 15 is 0 Å². The van der Waals surface area contributed by atoms with Crippen LogP contribution in [0.25, 0.3) is 22.0 Å². The summed E-state index contributed by atoms with van der Waals surface area (Å²) in [6.45, 7) is 1.46. The molecule has 29 heavy (non-hydrogen) atoms. The predicted molar refractivity (Wildman–Crippen MR) is 116 cm³/mol. The summed E-state index contributed by atoms with van der Waals surface area (Å²) in [6, 6.07) is 14.6. The predicted octanol–water partition coefficient (Wildman–Crippen LogP) is 3.61. The second-order valence-corrected chi connectivity index (χ2v) is 7.56. The molecule has 6 heteroatoms. The Morgan fingerprint density at radius 2 is 1.86 bits per heavy atom. The Balaban J connectivity index is 1.56. The van der Waals surface area contributed by atoms with Gasteiger partial charge < -0.3 is 20.5 Å². The van der Waals surface area contributed by atoms with Crippen LogP contribution >= 0.6 is 0 Å². The zero-order chi connectivity index (χ0) is 20.1. The number of hydrogen-bond donors (Lipinski definition) is 3. The fourth-order valence-corrected chi connectivity index (χ4v) is 3.76. The molecule has 0 bridgehead atoms. The number of anilines is 1. The van der Waals surface area contributed by atoms with Crippen LogP contribution in [0.1, 0.15) is 25.7 Å². The minimum atomic E-state index is -0.164. The third-order valence-electron chi connectivity index (χ3n) is 5.43. The van der Waals surface area contributed by atoms with Crippen LogP contribution in [-0.2, 0) is 0 Å². The van der Waals surface area contributed by atoms with Crippen molar-refractivity contribution in [3.05, 3.63) is 48.7 Å². The summed E-state index contributed by atoms with van der Waals surface area (Å²) in [5.41, 5.74) is 3.11. The summed E-state index contributed by atoms with van der Waals surface area (Å²) in [5.74, 6) is 1.51. The van der Waals surface area contributed by atoms with Gasteiger partial charge in [0.15, 0.2) is 0 Å². The van der Waals surface area contributed by atoms with Crippen molar-refractivity contribution in [2.75, 3.05) is 25.5 Å². The normalized spacial score (nSPS) is 19.2. The van der Waals surface area contributed by atoms with Crippen molar-refractivity contribution in [1.82, 2.24) is 15.3 Å². The Labute approximate surface area is 171 Å². The molecule has 3 N–H and O–H groups in total. The first-order chi connectivity index (χ1) is 14.2. The molecule has 0 radical (unpaired) electrons. The minimum absolute atomic E-state index is 0.164. The van der Waals surface area contributed by atoms with Crippen molar-refractivity contribution >= 4 is 16.9 Å². The lowest BCUT2D eigenvalue weighted by Gasteiger charge is -2.26. The second-order valence-electron chi connectivity index (χ2n) is 7.56. The highest BCUT2D eigenvalue weighted by atomic mass is 16.5. The van der Waals surface area contributed by atoms with Crippen LogP contribution in [0.4, 0.5) is 5.95 Å². The van der Waals surface area contributed by atoms with E-state index in [-0.39, 0.29) is 6.10 Å². The van der Waals surface area contributed by atoms with Crippen molar-refractivity contribution in [1.29, 1.82) is 0 Å². The smallest absolute Gasteiger partial charge is 0.223 e. The zero-order valence-electron chi connectivity index (χ0n) is 16.8. The largest absolute Gasteiger partial charge is 0.492 e. The highest BCUT2D eigenvalue weighted by Gasteiger charge is 2.20. The van der Waals surface area contributed by atoms with Gasteiger partial charge in [-0.1, -0.05) is 30.3 Å². The number of hydrogen-bond acceptors (Lipinski definition) is 6. The summed E-state index contributed by atoms with van der Waals surface area (Å²) >= 11 is 0. The van der Waals surface area contributed by atoms with Crippen molar-refractivity contribution in [3.63, 3.8) is 0 Å². The molecule has 0 spiro atoms. The Hall–Kier alpha value is -2.70. The van der Waals surface area contributed by atoms with Crippen molar-refractivity contribution in [3.8, 4) is 16.9 Å². The molecule has 4 rings (SSSR count). The highest BCUT2D eigenvalue weighted by molar-refractivity contribution is 5.93. The van der Waals surface area contributed by atoms with Crippen LogP contribution < -0.4 is 15.4 Å². The molecule has 0 unspecified atom stereocenters. The fraction of sp³-hybridized carbons (Fsp3) is 0.391. The maximum Gasteiger partial charge on any atom is 0.223 e. The zero-order valence-corrected chi connectivity index (χ0v) is 16.8. The highest BCUT2D eigenvalue weighted by Crippen LogP contribution is 2.29. The molecule has 3 aromatic rings. The molecule has 0 saturated heterocycles. The molecule has 0 amide bonds. The van der Waals surface area contributed by atoms with Crippen LogP contribution in [0.5, 0.6) is 5.75 Å². The minimum Gasteiger partial charge on any atom is -0.492 e. The Morgan fingerprint density at radius 1 is 1.07 bits per heavy atom. The number of aliphatic hydroxyl groups excluding tert-OH is 1. The first-order valence-corrected chi connectivity index (χ1v) is 10.3. The van der Waals surface area contributed by atoms with E-state index in [2.05, 4.69) is 33.8 Å². The van der Waals surface area contributed by atoms with Gasteiger partial charge in [0.2, 0.25) is 5.95 Å². The lowest BCUT2D eigenvalue weighted by Crippen LogP contribution is -2.28. The number of nitrogens with one attached hydrogen (secondary N) is 2. The van der Waals surface area contributed by atoms with E-state index < -0.39 is 0 Å². The van der Waals surface area contributed by atoms with E-state index in [4.69, 9.17) is 9.72 Å². The number of para-hydroxylation sites is 1. The Morgan fingerprint density at radius 3 is 2.62 bits per heavy atom. The van der Waals surface area contributed by atoms with Crippen LogP contribution in [0.2, 0.25) is 0 Å². The molecule has 6 nitrogen and oxygen atoms in total. The molecule has 0 atom stereocenters. The first kappa shape index (κ1) is 19.6. The topological polar surface area (TPSA) is 79.3 Å². The van der Waals surface area contributed by atoms with Gasteiger partial charge in [-0.2, -0.15) is 0 Å². The van der Waals surface area contributed by atoms with E-state index in [0.29, 0.717) is 18.6 Å². The quantitative estimate of drug-likeness (QED) is 0.533. The maximum atomic E-state index is 9.71. The molecule has 1 saturated carbocycles. The molecule has 2 aromatic carbocycles. The maximum absolute atomic E-state index is 9.71. The third kappa shape index (κ3) is 4.83. The van der Waals surface area contributed by atoms with Gasteiger partial charge in [-0.3, -0.25) is 0 Å². The lowest BCUT2D eigenvalue weighted by molar-refractivity contribution is 0.126. The van der Waals surface area contributed by atoms with Crippen molar-refractivity contribution in [2.45, 2.75) is 37.8 Å². The molecule has 1 fully saturated rings. The Bertz CT molecular complexity index is 937. The van der Waals surface area contributed by atoms with E-state index in [1.165, 1.54) is 0 Å². The molecule has 1 aliphatic rings. The molecule has 1 aliphatic carbocycles.